The Balaban J connectivity index is 1.96. The van der Waals surface area contributed by atoms with Crippen molar-refractivity contribution in [2.45, 2.75) is 92.1 Å². The van der Waals surface area contributed by atoms with E-state index in [-0.39, 0.29) is 51.0 Å². The highest BCUT2D eigenvalue weighted by atomic mass is 16.7. The van der Waals surface area contributed by atoms with Crippen molar-refractivity contribution in [2.75, 3.05) is 26.5 Å². The van der Waals surface area contributed by atoms with Crippen LogP contribution >= 0.6 is 0 Å². The first-order valence-corrected chi connectivity index (χ1v) is 17.9. The summed E-state index contributed by atoms with van der Waals surface area (Å²) < 4.78 is 23.5. The fourth-order valence-corrected chi connectivity index (χ4v) is 7.26. The Hall–Kier alpha value is -4.63. The minimum absolute atomic E-state index is 0.00552. The number of ether oxygens (including phenoxy) is 4. The van der Waals surface area contributed by atoms with E-state index in [1.807, 2.05) is 0 Å². The molecule has 5 bridgehead atoms. The third kappa shape index (κ3) is 7.92. The van der Waals surface area contributed by atoms with E-state index in [1.165, 1.54) is 53.2 Å². The molecule has 1 amide bonds. The highest BCUT2D eigenvalue weighted by Gasteiger charge is 2.50. The number of nitrogens with zero attached hydrogens (tertiary/aromatic N) is 1. The standard InChI is InChI=1S/C40H54N2O12/c1-18-13-12-14-19(2)39(50)41-30-25(17-42(9)10)34(47)27-28(35(30)48)33(46)23(6)37-29(27)38(49)40(8,54-37)52-16-15-26(51-11)20(3)36(53-24(7)43)22(5)32(45)21(4)31(18)44/h12-16,18,20-22,26,31-32,36,44-48H,17H2,1-11H3,(H,41,50)/b13-12-,16-15?,19-14-. The SMILES string of the molecule is COC1C=COC2(C)Oc3c(C)c(O)c4c(O)c(c(CN(C)C)c(O)c4c3C2=O)NC(=O)/C(C)=C\C=C/C(C)C(O)C(C)C(O)C(C)C(OC(C)=O)C1C. The Kier molecular flexibility index (Phi) is 12.8. The molecule has 0 aliphatic carbocycles. The van der Waals surface area contributed by atoms with Gasteiger partial charge in [0.1, 0.15) is 23.4 Å². The number of anilines is 1. The molecular weight excluding hydrogens is 700 g/mol. The van der Waals surface area contributed by atoms with Gasteiger partial charge in [0.05, 0.1) is 41.2 Å². The largest absolute Gasteiger partial charge is 0.507 e. The number of allylic oxidation sites excluding steroid dienone is 2. The second-order valence-corrected chi connectivity index (χ2v) is 14.9. The average Bonchev–Trinajstić information content (AvgIpc) is 3.38. The Morgan fingerprint density at radius 2 is 1.59 bits per heavy atom. The van der Waals surface area contributed by atoms with Crippen LogP contribution in [0.5, 0.6) is 23.0 Å². The van der Waals surface area contributed by atoms with Crippen molar-refractivity contribution in [2.24, 2.45) is 23.7 Å². The van der Waals surface area contributed by atoms with Crippen LogP contribution in [0.25, 0.3) is 10.8 Å². The summed E-state index contributed by atoms with van der Waals surface area (Å²) in [6, 6.07) is 0. The number of methoxy groups -OCH3 is 1. The quantitative estimate of drug-likeness (QED) is 0.141. The van der Waals surface area contributed by atoms with Crippen LogP contribution in [-0.2, 0) is 30.3 Å². The monoisotopic (exact) mass is 754 g/mol. The van der Waals surface area contributed by atoms with E-state index in [1.54, 1.807) is 58.8 Å². The number of ketones is 1. The Morgan fingerprint density at radius 1 is 0.944 bits per heavy atom. The van der Waals surface area contributed by atoms with Gasteiger partial charge in [0.15, 0.2) is 5.75 Å². The van der Waals surface area contributed by atoms with Gasteiger partial charge < -0.3 is 54.7 Å². The van der Waals surface area contributed by atoms with Crippen LogP contribution in [0.3, 0.4) is 0 Å². The van der Waals surface area contributed by atoms with Crippen LogP contribution in [-0.4, -0.2) is 99.5 Å². The summed E-state index contributed by atoms with van der Waals surface area (Å²) in [5.41, 5.74) is 0.0370. The first-order valence-electron chi connectivity index (χ1n) is 17.9. The van der Waals surface area contributed by atoms with E-state index in [2.05, 4.69) is 5.32 Å². The fraction of sp³-hybridized carbons (Fsp3) is 0.525. The zero-order valence-electron chi connectivity index (χ0n) is 32.8. The predicted molar refractivity (Wildman–Crippen MR) is 201 cm³/mol. The molecule has 14 heteroatoms. The molecule has 3 aliphatic heterocycles. The number of aliphatic hydroxyl groups excluding tert-OH is 2. The van der Waals surface area contributed by atoms with Crippen LogP contribution in [0.2, 0.25) is 0 Å². The van der Waals surface area contributed by atoms with Crippen LogP contribution in [0.1, 0.15) is 70.0 Å². The number of hydrogen-bond donors (Lipinski definition) is 6. The van der Waals surface area contributed by atoms with Gasteiger partial charge in [0.25, 0.3) is 11.7 Å². The Bertz CT molecular complexity index is 1880. The number of Topliss-reactive ketones (excluding diaryl/α,β-unsaturated/α-hetero) is 1. The van der Waals surface area contributed by atoms with Crippen molar-refractivity contribution < 1.29 is 58.9 Å². The number of amides is 1. The maximum absolute atomic E-state index is 14.2. The molecule has 0 aromatic heterocycles. The molecule has 3 heterocycles. The highest BCUT2D eigenvalue weighted by molar-refractivity contribution is 6.22. The summed E-state index contributed by atoms with van der Waals surface area (Å²) in [6.45, 7) is 12.6. The number of aliphatic hydroxyl groups is 2. The maximum atomic E-state index is 14.2. The predicted octanol–water partition coefficient (Wildman–Crippen LogP) is 4.82. The van der Waals surface area contributed by atoms with Crippen molar-refractivity contribution in [3.05, 3.63) is 52.8 Å². The maximum Gasteiger partial charge on any atom is 0.312 e. The lowest BCUT2D eigenvalue weighted by atomic mass is 9.78. The lowest BCUT2D eigenvalue weighted by Gasteiger charge is -2.38. The van der Waals surface area contributed by atoms with E-state index in [0.717, 1.165) is 0 Å². The molecule has 0 spiro atoms. The molecule has 6 N–H and O–H groups in total. The molecule has 0 saturated heterocycles. The Morgan fingerprint density at radius 3 is 2.19 bits per heavy atom. The number of esters is 1. The lowest BCUT2D eigenvalue weighted by molar-refractivity contribution is -0.160. The van der Waals surface area contributed by atoms with Crippen molar-refractivity contribution in [3.8, 4) is 23.0 Å². The van der Waals surface area contributed by atoms with E-state index in [9.17, 15) is 39.9 Å². The summed E-state index contributed by atoms with van der Waals surface area (Å²) in [7, 11) is 4.86. The molecule has 0 saturated carbocycles. The third-order valence-electron chi connectivity index (χ3n) is 10.6. The molecule has 9 unspecified atom stereocenters. The van der Waals surface area contributed by atoms with Gasteiger partial charge >= 0.3 is 11.8 Å². The van der Waals surface area contributed by atoms with E-state index < -0.39 is 88.8 Å². The normalized spacial score (nSPS) is 31.2. The molecule has 296 valence electrons. The van der Waals surface area contributed by atoms with Gasteiger partial charge in [-0.25, -0.2) is 0 Å². The molecular formula is C40H54N2O12. The zero-order chi connectivity index (χ0) is 40.6. The van der Waals surface area contributed by atoms with Crippen LogP contribution in [0.4, 0.5) is 5.69 Å². The van der Waals surface area contributed by atoms with Crippen molar-refractivity contribution >= 4 is 34.1 Å². The van der Waals surface area contributed by atoms with Gasteiger partial charge in [-0.05, 0) is 34.0 Å². The van der Waals surface area contributed by atoms with Gasteiger partial charge in [-0.3, -0.25) is 14.4 Å². The molecule has 0 radical (unpaired) electrons. The zero-order valence-corrected chi connectivity index (χ0v) is 32.8. The summed E-state index contributed by atoms with van der Waals surface area (Å²) in [5.74, 6) is -7.98. The smallest absolute Gasteiger partial charge is 0.312 e. The number of phenols is 3. The second-order valence-electron chi connectivity index (χ2n) is 14.9. The molecule has 2 aromatic carbocycles. The van der Waals surface area contributed by atoms with Crippen molar-refractivity contribution in [1.29, 1.82) is 0 Å². The average molecular weight is 755 g/mol. The molecule has 0 fully saturated rings. The van der Waals surface area contributed by atoms with E-state index >= 15 is 0 Å². The summed E-state index contributed by atoms with van der Waals surface area (Å²) in [4.78, 5) is 41.7. The molecule has 2 aromatic rings. The van der Waals surface area contributed by atoms with E-state index in [4.69, 9.17) is 18.9 Å². The van der Waals surface area contributed by atoms with Gasteiger partial charge in [-0.15, -0.1) is 0 Å². The Labute approximate surface area is 315 Å². The van der Waals surface area contributed by atoms with Crippen molar-refractivity contribution in [3.63, 3.8) is 0 Å². The van der Waals surface area contributed by atoms with Gasteiger partial charge in [-0.1, -0.05) is 45.9 Å². The van der Waals surface area contributed by atoms with Crippen molar-refractivity contribution in [1.82, 2.24) is 4.90 Å². The number of aromatic hydroxyl groups is 3. The first-order chi connectivity index (χ1) is 25.2. The highest BCUT2D eigenvalue weighted by Crippen LogP contribution is 2.55. The van der Waals surface area contributed by atoms with Crippen LogP contribution in [0, 0.1) is 30.6 Å². The number of hydrogen-bond acceptors (Lipinski definition) is 13. The minimum atomic E-state index is -2.01. The van der Waals surface area contributed by atoms with Crippen LogP contribution < -0.4 is 10.1 Å². The lowest BCUT2D eigenvalue weighted by Crippen LogP contribution is -2.46. The molecule has 5 rings (SSSR count). The summed E-state index contributed by atoms with van der Waals surface area (Å²) in [5, 5.41) is 59.9. The fourth-order valence-electron chi connectivity index (χ4n) is 7.26. The number of rotatable bonds is 4. The number of fused-ring (bicyclic) bond motifs is 14. The molecule has 54 heavy (non-hydrogen) atoms. The number of nitrogens with one attached hydrogen (secondary N) is 1. The first kappa shape index (κ1) is 42.1. The second kappa shape index (κ2) is 16.4. The molecule has 9 atom stereocenters. The number of carbonyl (C=O) groups excluding carboxylic acids is 3. The topological polar surface area (TPSA) is 205 Å². The summed E-state index contributed by atoms with van der Waals surface area (Å²) in [6.07, 6.45) is 3.65. The third-order valence-corrected chi connectivity index (χ3v) is 10.6. The van der Waals surface area contributed by atoms with E-state index in [0.29, 0.717) is 0 Å². The molecule has 3 aliphatic rings. The van der Waals surface area contributed by atoms with Crippen LogP contribution in [0.15, 0.2) is 36.1 Å². The molecule has 14 nitrogen and oxygen atoms in total. The number of carbonyl (C=O) groups is 3. The number of benzene rings is 2. The minimum Gasteiger partial charge on any atom is -0.507 e. The summed E-state index contributed by atoms with van der Waals surface area (Å²) >= 11 is 0. The van der Waals surface area contributed by atoms with Gasteiger partial charge in [0.2, 0.25) is 0 Å². The van der Waals surface area contributed by atoms with Gasteiger partial charge in [-0.2, -0.15) is 0 Å². The number of phenolic OH excluding ortho intramolecular Hbond substituents is 3. The van der Waals surface area contributed by atoms with Gasteiger partial charge in [0, 0.05) is 73.3 Å².